The minimum atomic E-state index is -0.702. The number of methoxy groups -OCH3 is 1. The molecular formula is C38H37FeN2O2P+2. The first-order valence-corrected chi connectivity index (χ1v) is 16.2. The number of fused-ring (bicyclic) bond motifs is 3. The van der Waals surface area contributed by atoms with Crippen LogP contribution in [0.2, 0.25) is 0 Å². The van der Waals surface area contributed by atoms with Gasteiger partial charge in [0.25, 0.3) is 0 Å². The van der Waals surface area contributed by atoms with E-state index in [9.17, 15) is 4.79 Å². The maximum atomic E-state index is 13.1. The zero-order chi connectivity index (χ0) is 29.6. The molecule has 1 aliphatic heterocycles. The second kappa shape index (κ2) is 15.7. The molecule has 2 saturated carbocycles. The van der Waals surface area contributed by atoms with Crippen LogP contribution in [0.5, 0.6) is 0 Å². The van der Waals surface area contributed by atoms with Crippen LogP contribution in [-0.4, -0.2) is 42.1 Å². The van der Waals surface area contributed by atoms with Gasteiger partial charge in [0, 0.05) is 47.3 Å². The maximum absolute atomic E-state index is 13.1. The molecule has 2 heterocycles. The second-order valence-corrected chi connectivity index (χ2v) is 13.1. The Balaban J connectivity index is 0.000000584. The molecule has 4 aromatic rings. The van der Waals surface area contributed by atoms with Gasteiger partial charge in [-0.1, -0.05) is 78.9 Å². The molecule has 1 unspecified atom stereocenters. The number of para-hydroxylation sites is 1. The van der Waals surface area contributed by atoms with E-state index in [2.05, 4.69) is 115 Å². The van der Waals surface area contributed by atoms with E-state index in [1.807, 2.05) is 38.2 Å². The quantitative estimate of drug-likeness (QED) is 0.148. The van der Waals surface area contributed by atoms with Crippen molar-refractivity contribution in [2.24, 2.45) is 0 Å². The number of rotatable bonds is 6. The van der Waals surface area contributed by atoms with Crippen LogP contribution in [0.4, 0.5) is 0 Å². The van der Waals surface area contributed by atoms with E-state index in [1.165, 1.54) is 40.2 Å². The van der Waals surface area contributed by atoms with Crippen molar-refractivity contribution in [2.45, 2.75) is 25.3 Å². The van der Waals surface area contributed by atoms with E-state index < -0.39 is 7.92 Å². The van der Waals surface area contributed by atoms with Crippen molar-refractivity contribution in [3.8, 4) is 0 Å². The number of hydrogen-bond acceptors (Lipinski definition) is 3. The van der Waals surface area contributed by atoms with Gasteiger partial charge in [-0.25, -0.2) is 0 Å². The molecule has 7 rings (SSSR count). The number of nitrogens with zero attached hydrogens (tertiary/aromatic N) is 1. The van der Waals surface area contributed by atoms with Gasteiger partial charge in [0.1, 0.15) is 5.92 Å². The summed E-state index contributed by atoms with van der Waals surface area (Å²) in [5.41, 5.74) is 4.71. The van der Waals surface area contributed by atoms with Crippen LogP contribution < -0.4 is 10.6 Å². The van der Waals surface area contributed by atoms with E-state index in [0.29, 0.717) is 6.54 Å². The van der Waals surface area contributed by atoms with Crippen LogP contribution in [0.15, 0.2) is 84.9 Å². The Labute approximate surface area is 275 Å². The first-order valence-electron chi connectivity index (χ1n) is 14.9. The fourth-order valence-corrected chi connectivity index (χ4v) is 8.78. The van der Waals surface area contributed by atoms with Crippen LogP contribution >= 0.6 is 7.92 Å². The van der Waals surface area contributed by atoms with E-state index in [-0.39, 0.29) is 35.0 Å². The summed E-state index contributed by atoms with van der Waals surface area (Å²) in [4.78, 5) is 19.1. The fraction of sp³-hybridized carbons (Fsp3) is 0.184. The Morgan fingerprint density at radius 2 is 1.43 bits per heavy atom. The molecule has 6 heteroatoms. The zero-order valence-electron chi connectivity index (χ0n) is 25.0. The molecule has 4 nitrogen and oxygen atoms in total. The van der Waals surface area contributed by atoms with Crippen molar-refractivity contribution in [2.75, 3.05) is 20.2 Å². The number of ether oxygens (including phenoxy) is 1. The van der Waals surface area contributed by atoms with E-state index >= 15 is 0 Å². The number of aromatic amines is 1. The molecule has 0 bridgehead atoms. The normalized spacial score (nSPS) is 19.9. The van der Waals surface area contributed by atoms with Crippen molar-refractivity contribution in [3.63, 3.8) is 0 Å². The van der Waals surface area contributed by atoms with Gasteiger partial charge in [0.2, 0.25) is 0 Å². The van der Waals surface area contributed by atoms with Crippen molar-refractivity contribution in [3.05, 3.63) is 159 Å². The molecule has 3 aromatic carbocycles. The smallest absolute Gasteiger partial charge is 0.468 e. The van der Waals surface area contributed by atoms with Gasteiger partial charge in [-0.2, -0.15) is 0 Å². The van der Waals surface area contributed by atoms with Crippen molar-refractivity contribution in [1.82, 2.24) is 9.88 Å². The third kappa shape index (κ3) is 7.18. The summed E-state index contributed by atoms with van der Waals surface area (Å²) in [6, 6.07) is 30.2. The number of carbonyl (C=O) groups excluding carboxylic acids is 1. The molecule has 1 aromatic heterocycles. The molecule has 2 atom stereocenters. The molecule has 10 radical (unpaired) electrons. The largest absolute Gasteiger partial charge is 2.00 e. The molecule has 2 aliphatic carbocycles. The van der Waals surface area contributed by atoms with Gasteiger partial charge < -0.3 is 9.72 Å². The average Bonchev–Trinajstić information content (AvgIpc) is 3.83. The minimum Gasteiger partial charge on any atom is -0.468 e. The van der Waals surface area contributed by atoms with Gasteiger partial charge in [-0.05, 0) is 94.9 Å². The molecule has 0 saturated heterocycles. The molecule has 3 aliphatic rings. The first kappa shape index (κ1) is 33.0. The molecule has 2 fully saturated rings. The minimum absolute atomic E-state index is 0. The fourth-order valence-electron chi connectivity index (χ4n) is 6.23. The molecular weight excluding hydrogens is 603 g/mol. The number of carbonyl (C=O) groups is 1. The van der Waals surface area contributed by atoms with Gasteiger partial charge in [0.15, 0.2) is 0 Å². The van der Waals surface area contributed by atoms with Crippen LogP contribution in [0.1, 0.15) is 24.1 Å². The number of nitrogens with one attached hydrogen (secondary N) is 1. The molecule has 0 amide bonds. The predicted molar refractivity (Wildman–Crippen MR) is 178 cm³/mol. The van der Waals surface area contributed by atoms with Crippen molar-refractivity contribution < 1.29 is 26.6 Å². The average molecular weight is 641 g/mol. The Morgan fingerprint density at radius 3 is 2.05 bits per heavy atom. The van der Waals surface area contributed by atoms with E-state index in [4.69, 9.17) is 4.74 Å². The number of H-pyrrole nitrogens is 1. The molecule has 222 valence electrons. The van der Waals surface area contributed by atoms with Crippen LogP contribution in [0.25, 0.3) is 10.9 Å². The molecule has 1 N–H and O–H groups in total. The number of benzene rings is 3. The third-order valence-corrected chi connectivity index (χ3v) is 10.9. The number of aromatic nitrogens is 1. The summed E-state index contributed by atoms with van der Waals surface area (Å²) in [6.45, 7) is 3.78. The standard InChI is InChI=1S/C33H32N2O2P.C5H5.Fe/c1-23(26-17-11-19-31(26)38(24-12-5-3-6-13-24)25-14-7-4-8-15-25)35-21-20-28-27-16-9-10-18-30(27)34-32(28)29(22-35)33(36)37-2;1-2-4-5-3-1;/h3-19,23,29,34H,20-22H2,1-2H3;1-5H;/q;;+2/t23-,29?;;/m0../s1. The third-order valence-electron chi connectivity index (χ3n) is 8.40. The topological polar surface area (TPSA) is 45.3 Å². The molecule has 44 heavy (non-hydrogen) atoms. The van der Waals surface area contributed by atoms with Crippen molar-refractivity contribution in [1.29, 1.82) is 0 Å². The predicted octanol–water partition coefficient (Wildman–Crippen LogP) is 6.56. The maximum Gasteiger partial charge on any atom is 2.00 e. The van der Waals surface area contributed by atoms with Gasteiger partial charge in [-0.3, -0.25) is 9.69 Å². The Morgan fingerprint density at radius 1 is 0.841 bits per heavy atom. The summed E-state index contributed by atoms with van der Waals surface area (Å²) in [5.74, 6) is 0.800. The van der Waals surface area contributed by atoms with Crippen molar-refractivity contribution >= 4 is 35.4 Å². The van der Waals surface area contributed by atoms with Gasteiger partial charge in [-0.15, -0.1) is 0 Å². The zero-order valence-corrected chi connectivity index (χ0v) is 27.0. The first-order chi connectivity index (χ1) is 21.2. The summed E-state index contributed by atoms with van der Waals surface area (Å²) in [7, 11) is 0.790. The van der Waals surface area contributed by atoms with Crippen LogP contribution in [0.3, 0.4) is 0 Å². The summed E-state index contributed by atoms with van der Waals surface area (Å²) >= 11 is 0. The summed E-state index contributed by atoms with van der Waals surface area (Å²) < 4.78 is 5.31. The second-order valence-electron chi connectivity index (χ2n) is 10.9. The van der Waals surface area contributed by atoms with E-state index in [0.717, 1.165) is 24.2 Å². The number of hydrogen-bond donors (Lipinski definition) is 1. The Hall–Kier alpha value is -2.42. The monoisotopic (exact) mass is 640 g/mol. The van der Waals surface area contributed by atoms with Crippen LogP contribution in [0, 0.1) is 62.9 Å². The Bertz CT molecular complexity index is 1430. The van der Waals surface area contributed by atoms with Crippen LogP contribution in [-0.2, 0) is 33.0 Å². The SMILES string of the molecule is COC(=O)C1CN([C@@H](C)[C]2[CH][CH][CH][C]2P(c2ccccc2)c2ccccc2)CCc2c1[nH]c1ccccc21.[CH]1[CH][CH][CH][CH]1.[Fe+2]. The summed E-state index contributed by atoms with van der Waals surface area (Å²) in [6.07, 6.45) is 17.6. The summed E-state index contributed by atoms with van der Waals surface area (Å²) in [5, 5.41) is 3.90. The van der Waals surface area contributed by atoms with E-state index in [1.54, 1.807) is 0 Å². The van der Waals surface area contributed by atoms with Gasteiger partial charge >= 0.3 is 23.0 Å². The molecule has 0 spiro atoms. The number of esters is 1. The van der Waals surface area contributed by atoms with Gasteiger partial charge in [0.05, 0.1) is 7.11 Å². The Kier molecular flexibility index (Phi) is 11.8.